The lowest BCUT2D eigenvalue weighted by molar-refractivity contribution is 0.101. The third kappa shape index (κ3) is 2.79. The van der Waals surface area contributed by atoms with E-state index in [1.807, 2.05) is 13.8 Å². The van der Waals surface area contributed by atoms with Crippen molar-refractivity contribution in [2.45, 2.75) is 26.8 Å². The molecule has 6 heteroatoms. The SMILES string of the molecule is CCc1cc(C(=O)Nc2ccc(N)c(F)c2)n(CC)n1. The van der Waals surface area contributed by atoms with Gasteiger partial charge in [0.1, 0.15) is 11.5 Å². The second-order valence-electron chi connectivity index (χ2n) is 4.38. The van der Waals surface area contributed by atoms with Gasteiger partial charge in [-0.05, 0) is 37.6 Å². The van der Waals surface area contributed by atoms with Crippen LogP contribution in [0.2, 0.25) is 0 Å². The van der Waals surface area contributed by atoms with Crippen LogP contribution in [0.1, 0.15) is 30.0 Å². The number of amides is 1. The van der Waals surface area contributed by atoms with Crippen molar-refractivity contribution in [2.75, 3.05) is 11.1 Å². The Morgan fingerprint density at radius 3 is 2.75 bits per heavy atom. The molecular formula is C14H17FN4O. The summed E-state index contributed by atoms with van der Waals surface area (Å²) < 4.78 is 15.0. The van der Waals surface area contributed by atoms with Gasteiger partial charge < -0.3 is 11.1 Å². The number of hydrogen-bond donors (Lipinski definition) is 2. The summed E-state index contributed by atoms with van der Waals surface area (Å²) in [7, 11) is 0. The number of carbonyl (C=O) groups excluding carboxylic acids is 1. The van der Waals surface area contributed by atoms with E-state index >= 15 is 0 Å². The number of nitrogens with two attached hydrogens (primary N) is 1. The zero-order valence-electron chi connectivity index (χ0n) is 11.5. The lowest BCUT2D eigenvalue weighted by atomic mass is 10.2. The predicted molar refractivity (Wildman–Crippen MR) is 76.0 cm³/mol. The number of aryl methyl sites for hydroxylation is 2. The third-order valence-electron chi connectivity index (χ3n) is 2.98. The maximum atomic E-state index is 13.3. The maximum Gasteiger partial charge on any atom is 0.273 e. The van der Waals surface area contributed by atoms with Crippen LogP contribution in [0.25, 0.3) is 0 Å². The molecule has 2 aromatic rings. The number of carbonyl (C=O) groups is 1. The summed E-state index contributed by atoms with van der Waals surface area (Å²) in [5.41, 5.74) is 7.12. The van der Waals surface area contributed by atoms with Crippen molar-refractivity contribution < 1.29 is 9.18 Å². The molecule has 1 aromatic heterocycles. The van der Waals surface area contributed by atoms with Crippen molar-refractivity contribution in [2.24, 2.45) is 0 Å². The summed E-state index contributed by atoms with van der Waals surface area (Å²) in [4.78, 5) is 12.2. The van der Waals surface area contributed by atoms with Crippen LogP contribution < -0.4 is 11.1 Å². The second-order valence-corrected chi connectivity index (χ2v) is 4.38. The van der Waals surface area contributed by atoms with Crippen molar-refractivity contribution in [1.82, 2.24) is 9.78 Å². The number of halogens is 1. The van der Waals surface area contributed by atoms with E-state index in [1.54, 1.807) is 16.8 Å². The largest absolute Gasteiger partial charge is 0.396 e. The quantitative estimate of drug-likeness (QED) is 0.842. The molecule has 0 fully saturated rings. The highest BCUT2D eigenvalue weighted by atomic mass is 19.1. The molecule has 0 bridgehead atoms. The average Bonchev–Trinajstić information content (AvgIpc) is 2.86. The van der Waals surface area contributed by atoms with Gasteiger partial charge in [-0.1, -0.05) is 6.92 Å². The highest BCUT2D eigenvalue weighted by molar-refractivity contribution is 6.03. The lowest BCUT2D eigenvalue weighted by Crippen LogP contribution is -2.17. The van der Waals surface area contributed by atoms with Gasteiger partial charge in [0.15, 0.2) is 0 Å². The molecule has 0 atom stereocenters. The van der Waals surface area contributed by atoms with Crippen LogP contribution in [-0.2, 0) is 13.0 Å². The summed E-state index contributed by atoms with van der Waals surface area (Å²) in [5.74, 6) is -0.871. The van der Waals surface area contributed by atoms with Gasteiger partial charge in [0.25, 0.3) is 5.91 Å². The molecule has 1 heterocycles. The molecule has 0 unspecified atom stereocenters. The van der Waals surface area contributed by atoms with E-state index in [4.69, 9.17) is 5.73 Å². The predicted octanol–water partition coefficient (Wildman–Crippen LogP) is 2.44. The Kier molecular flexibility index (Phi) is 4.02. The number of nitrogens with one attached hydrogen (secondary N) is 1. The Hall–Kier alpha value is -2.37. The molecule has 0 aliphatic heterocycles. The molecule has 106 valence electrons. The first-order valence-corrected chi connectivity index (χ1v) is 6.48. The lowest BCUT2D eigenvalue weighted by Gasteiger charge is -2.07. The molecular weight excluding hydrogens is 259 g/mol. The summed E-state index contributed by atoms with van der Waals surface area (Å²) in [5, 5.41) is 6.95. The second kappa shape index (κ2) is 5.73. The van der Waals surface area contributed by atoms with Gasteiger partial charge in [0.05, 0.1) is 11.4 Å². The minimum atomic E-state index is -0.555. The molecule has 5 nitrogen and oxygen atoms in total. The Balaban J connectivity index is 2.23. The van der Waals surface area contributed by atoms with Crippen LogP contribution in [0.3, 0.4) is 0 Å². The molecule has 0 saturated carbocycles. The summed E-state index contributed by atoms with van der Waals surface area (Å²) in [6.07, 6.45) is 0.754. The van der Waals surface area contributed by atoms with Crippen molar-refractivity contribution in [1.29, 1.82) is 0 Å². The molecule has 2 rings (SSSR count). The van der Waals surface area contributed by atoms with E-state index in [-0.39, 0.29) is 11.6 Å². The first kappa shape index (κ1) is 14.0. The summed E-state index contributed by atoms with van der Waals surface area (Å²) >= 11 is 0. The van der Waals surface area contributed by atoms with Gasteiger partial charge in [-0.2, -0.15) is 5.10 Å². The number of hydrogen-bond acceptors (Lipinski definition) is 3. The van der Waals surface area contributed by atoms with E-state index in [9.17, 15) is 9.18 Å². The van der Waals surface area contributed by atoms with E-state index in [2.05, 4.69) is 10.4 Å². The molecule has 20 heavy (non-hydrogen) atoms. The highest BCUT2D eigenvalue weighted by Gasteiger charge is 2.14. The van der Waals surface area contributed by atoms with Crippen LogP contribution in [0, 0.1) is 5.82 Å². The van der Waals surface area contributed by atoms with E-state index < -0.39 is 5.82 Å². The van der Waals surface area contributed by atoms with Crippen LogP contribution in [0.4, 0.5) is 15.8 Å². The summed E-state index contributed by atoms with van der Waals surface area (Å²) in [6, 6.07) is 5.91. The molecule has 0 aliphatic rings. The normalized spacial score (nSPS) is 10.6. The van der Waals surface area contributed by atoms with Gasteiger partial charge in [-0.15, -0.1) is 0 Å². The summed E-state index contributed by atoms with van der Waals surface area (Å²) in [6.45, 7) is 4.48. The number of benzene rings is 1. The fourth-order valence-corrected chi connectivity index (χ4v) is 1.87. The Labute approximate surface area is 116 Å². The van der Waals surface area contributed by atoms with Crippen LogP contribution in [0.5, 0.6) is 0 Å². The van der Waals surface area contributed by atoms with Crippen molar-refractivity contribution in [3.63, 3.8) is 0 Å². The van der Waals surface area contributed by atoms with Crippen LogP contribution in [-0.4, -0.2) is 15.7 Å². The molecule has 0 radical (unpaired) electrons. The zero-order valence-corrected chi connectivity index (χ0v) is 11.5. The molecule has 1 amide bonds. The van der Waals surface area contributed by atoms with Crippen molar-refractivity contribution in [3.8, 4) is 0 Å². The number of nitrogens with zero attached hydrogens (tertiary/aromatic N) is 2. The zero-order chi connectivity index (χ0) is 14.7. The van der Waals surface area contributed by atoms with Crippen molar-refractivity contribution >= 4 is 17.3 Å². The molecule has 0 aliphatic carbocycles. The van der Waals surface area contributed by atoms with Gasteiger partial charge >= 0.3 is 0 Å². The van der Waals surface area contributed by atoms with Crippen LogP contribution >= 0.6 is 0 Å². The Morgan fingerprint density at radius 2 is 2.15 bits per heavy atom. The number of nitrogen functional groups attached to an aromatic ring is 1. The minimum absolute atomic E-state index is 0.0508. The number of anilines is 2. The van der Waals surface area contributed by atoms with Gasteiger partial charge in [0, 0.05) is 12.2 Å². The molecule has 1 aromatic carbocycles. The Morgan fingerprint density at radius 1 is 1.40 bits per heavy atom. The molecule has 0 spiro atoms. The number of aromatic nitrogens is 2. The van der Waals surface area contributed by atoms with Crippen LogP contribution in [0.15, 0.2) is 24.3 Å². The average molecular weight is 276 g/mol. The monoisotopic (exact) mass is 276 g/mol. The minimum Gasteiger partial charge on any atom is -0.396 e. The van der Waals surface area contributed by atoms with E-state index in [0.29, 0.717) is 17.9 Å². The Bertz CT molecular complexity index is 636. The van der Waals surface area contributed by atoms with E-state index in [1.165, 1.54) is 12.1 Å². The topological polar surface area (TPSA) is 72.9 Å². The molecule has 0 saturated heterocycles. The number of rotatable bonds is 4. The van der Waals surface area contributed by atoms with E-state index in [0.717, 1.165) is 12.1 Å². The third-order valence-corrected chi connectivity index (χ3v) is 2.98. The smallest absolute Gasteiger partial charge is 0.273 e. The molecule has 3 N–H and O–H groups in total. The first-order chi connectivity index (χ1) is 9.55. The highest BCUT2D eigenvalue weighted by Crippen LogP contribution is 2.17. The maximum absolute atomic E-state index is 13.3. The fourth-order valence-electron chi connectivity index (χ4n) is 1.87. The first-order valence-electron chi connectivity index (χ1n) is 6.48. The fraction of sp³-hybridized carbons (Fsp3) is 0.286. The van der Waals surface area contributed by atoms with Gasteiger partial charge in [0.2, 0.25) is 0 Å². The van der Waals surface area contributed by atoms with Gasteiger partial charge in [-0.25, -0.2) is 4.39 Å². The standard InChI is InChI=1S/C14H17FN4O/c1-3-9-8-13(19(4-2)18-9)14(20)17-10-5-6-12(16)11(15)7-10/h5-8H,3-4,16H2,1-2H3,(H,17,20). The van der Waals surface area contributed by atoms with Crippen molar-refractivity contribution in [3.05, 3.63) is 41.5 Å². The van der Waals surface area contributed by atoms with Gasteiger partial charge in [-0.3, -0.25) is 9.48 Å².